The summed E-state index contributed by atoms with van der Waals surface area (Å²) in [6.07, 6.45) is -2.77. The molecule has 1 heterocycles. The highest BCUT2D eigenvalue weighted by Gasteiger charge is 2.49. The third kappa shape index (κ3) is 6.36. The fourth-order valence-corrected chi connectivity index (χ4v) is 4.24. The number of benzene rings is 2. The lowest BCUT2D eigenvalue weighted by atomic mass is 9.93. The first kappa shape index (κ1) is 24.8. The predicted octanol–water partition coefficient (Wildman–Crippen LogP) is 0.292. The molecule has 0 saturated carbocycles. The maximum absolute atomic E-state index is 12.9. The van der Waals surface area contributed by atoms with Gasteiger partial charge < -0.3 is 25.2 Å². The van der Waals surface area contributed by atoms with Gasteiger partial charge in [0.05, 0.1) is 18.9 Å². The van der Waals surface area contributed by atoms with Crippen LogP contribution in [0.4, 0.5) is 0 Å². The SMILES string of the molecule is CO[C@@H]1O[C@H](CO)[C@@H](OS(C)(=O)=O)[C@H](NC(=O)c2ccccc2)[C@H]1NC(=O)c1ccccc1. The molecule has 11 heteroatoms. The molecule has 33 heavy (non-hydrogen) atoms. The van der Waals surface area contributed by atoms with Crippen LogP contribution in [0.25, 0.3) is 0 Å². The molecule has 1 aliphatic rings. The van der Waals surface area contributed by atoms with E-state index < -0.39 is 59.1 Å². The van der Waals surface area contributed by atoms with E-state index in [0.717, 1.165) is 6.26 Å². The molecule has 0 radical (unpaired) electrons. The first-order valence-corrected chi connectivity index (χ1v) is 11.9. The monoisotopic (exact) mass is 478 g/mol. The van der Waals surface area contributed by atoms with E-state index in [9.17, 15) is 23.1 Å². The lowest BCUT2D eigenvalue weighted by Crippen LogP contribution is -2.70. The highest BCUT2D eigenvalue weighted by atomic mass is 32.2. The number of aliphatic hydroxyl groups excluding tert-OH is 1. The number of aliphatic hydroxyl groups is 1. The molecule has 3 N–H and O–H groups in total. The van der Waals surface area contributed by atoms with Crippen LogP contribution >= 0.6 is 0 Å². The zero-order valence-electron chi connectivity index (χ0n) is 18.1. The second-order valence-corrected chi connectivity index (χ2v) is 9.06. The highest BCUT2D eigenvalue weighted by Crippen LogP contribution is 2.26. The molecule has 10 nitrogen and oxygen atoms in total. The van der Waals surface area contributed by atoms with E-state index in [-0.39, 0.29) is 0 Å². The Morgan fingerprint density at radius 3 is 1.85 bits per heavy atom. The van der Waals surface area contributed by atoms with E-state index in [0.29, 0.717) is 11.1 Å². The van der Waals surface area contributed by atoms with Gasteiger partial charge in [0.2, 0.25) is 0 Å². The van der Waals surface area contributed by atoms with Crippen molar-refractivity contribution in [3.05, 3.63) is 71.8 Å². The Bertz CT molecular complexity index is 1050. The first-order valence-electron chi connectivity index (χ1n) is 10.1. The number of rotatable bonds is 8. The van der Waals surface area contributed by atoms with Crippen molar-refractivity contribution in [3.63, 3.8) is 0 Å². The Kier molecular flexibility index (Phi) is 8.16. The molecule has 5 atom stereocenters. The summed E-state index contributed by atoms with van der Waals surface area (Å²) in [5.74, 6) is -1.03. The van der Waals surface area contributed by atoms with E-state index in [2.05, 4.69) is 10.6 Å². The normalized spacial score (nSPS) is 25.2. The summed E-state index contributed by atoms with van der Waals surface area (Å²) in [5.41, 5.74) is 0.648. The fourth-order valence-electron chi connectivity index (χ4n) is 3.59. The van der Waals surface area contributed by atoms with Crippen LogP contribution in [0, 0.1) is 0 Å². The summed E-state index contributed by atoms with van der Waals surface area (Å²) in [7, 11) is -2.70. The summed E-state index contributed by atoms with van der Waals surface area (Å²) in [4.78, 5) is 25.8. The number of carbonyl (C=O) groups is 2. The average Bonchev–Trinajstić information content (AvgIpc) is 2.81. The van der Waals surface area contributed by atoms with Crippen molar-refractivity contribution in [1.29, 1.82) is 0 Å². The third-order valence-electron chi connectivity index (χ3n) is 5.08. The number of amides is 2. The van der Waals surface area contributed by atoms with Crippen LogP contribution in [-0.2, 0) is 23.8 Å². The fraction of sp³-hybridized carbons (Fsp3) is 0.364. The predicted molar refractivity (Wildman–Crippen MR) is 118 cm³/mol. The first-order chi connectivity index (χ1) is 15.7. The second-order valence-electron chi connectivity index (χ2n) is 7.46. The largest absolute Gasteiger partial charge is 0.394 e. The molecule has 178 valence electrons. The van der Waals surface area contributed by atoms with Gasteiger partial charge in [0.15, 0.2) is 6.29 Å². The Balaban J connectivity index is 1.98. The molecule has 0 aromatic heterocycles. The van der Waals surface area contributed by atoms with Gasteiger partial charge >= 0.3 is 0 Å². The third-order valence-corrected chi connectivity index (χ3v) is 5.65. The molecule has 2 amide bonds. The zero-order valence-corrected chi connectivity index (χ0v) is 18.9. The molecular formula is C22H26N2O8S. The van der Waals surface area contributed by atoms with E-state index in [1.165, 1.54) is 7.11 Å². The van der Waals surface area contributed by atoms with Crippen LogP contribution in [-0.4, -0.2) is 75.9 Å². The van der Waals surface area contributed by atoms with Crippen LogP contribution in [0.3, 0.4) is 0 Å². The summed E-state index contributed by atoms with van der Waals surface area (Å²) in [6.45, 7) is -0.614. The van der Waals surface area contributed by atoms with Gasteiger partial charge in [0.1, 0.15) is 18.2 Å². The van der Waals surface area contributed by atoms with Crippen molar-refractivity contribution in [3.8, 4) is 0 Å². The Morgan fingerprint density at radius 1 is 0.939 bits per heavy atom. The highest BCUT2D eigenvalue weighted by molar-refractivity contribution is 7.86. The summed E-state index contributed by atoms with van der Waals surface area (Å²) < 4.78 is 40.2. The molecule has 1 saturated heterocycles. The van der Waals surface area contributed by atoms with Gasteiger partial charge in [-0.1, -0.05) is 36.4 Å². The minimum absolute atomic E-state index is 0.310. The van der Waals surface area contributed by atoms with Crippen molar-refractivity contribution in [2.45, 2.75) is 30.6 Å². The van der Waals surface area contributed by atoms with Crippen LogP contribution in [0.5, 0.6) is 0 Å². The molecular weight excluding hydrogens is 452 g/mol. The van der Waals surface area contributed by atoms with Crippen LogP contribution < -0.4 is 10.6 Å². The van der Waals surface area contributed by atoms with Crippen molar-refractivity contribution >= 4 is 21.9 Å². The number of hydrogen-bond acceptors (Lipinski definition) is 8. The molecule has 2 aromatic rings. The van der Waals surface area contributed by atoms with Crippen LogP contribution in [0.2, 0.25) is 0 Å². The van der Waals surface area contributed by atoms with Gasteiger partial charge in [0, 0.05) is 18.2 Å². The lowest BCUT2D eigenvalue weighted by Gasteiger charge is -2.45. The minimum atomic E-state index is -4.02. The maximum atomic E-state index is 12.9. The number of carbonyl (C=O) groups excluding carboxylic acids is 2. The van der Waals surface area contributed by atoms with E-state index in [4.69, 9.17) is 13.7 Å². The van der Waals surface area contributed by atoms with Gasteiger partial charge in [-0.15, -0.1) is 0 Å². The molecule has 1 aliphatic heterocycles. The quantitative estimate of drug-likeness (QED) is 0.460. The number of hydrogen-bond donors (Lipinski definition) is 3. The van der Waals surface area contributed by atoms with Crippen LogP contribution in [0.1, 0.15) is 20.7 Å². The van der Waals surface area contributed by atoms with E-state index in [1.807, 2.05) is 0 Å². The summed E-state index contributed by atoms with van der Waals surface area (Å²) in [6, 6.07) is 14.4. The van der Waals surface area contributed by atoms with Crippen molar-refractivity contribution in [2.24, 2.45) is 0 Å². The van der Waals surface area contributed by atoms with Gasteiger partial charge in [-0.2, -0.15) is 8.42 Å². The van der Waals surface area contributed by atoms with Crippen LogP contribution in [0.15, 0.2) is 60.7 Å². The minimum Gasteiger partial charge on any atom is -0.394 e. The number of methoxy groups -OCH3 is 1. The van der Waals surface area contributed by atoms with Gasteiger partial charge in [-0.3, -0.25) is 13.8 Å². The molecule has 2 aromatic carbocycles. The van der Waals surface area contributed by atoms with Crippen molar-refractivity contribution < 1.29 is 36.8 Å². The molecule has 0 aliphatic carbocycles. The smallest absolute Gasteiger partial charge is 0.264 e. The Morgan fingerprint density at radius 2 is 1.42 bits per heavy atom. The van der Waals surface area contributed by atoms with Crippen molar-refractivity contribution in [1.82, 2.24) is 10.6 Å². The Hall–Kier alpha value is -2.83. The van der Waals surface area contributed by atoms with Gasteiger partial charge in [-0.25, -0.2) is 0 Å². The lowest BCUT2D eigenvalue weighted by molar-refractivity contribution is -0.233. The van der Waals surface area contributed by atoms with Gasteiger partial charge in [-0.05, 0) is 24.3 Å². The van der Waals surface area contributed by atoms with Gasteiger partial charge in [0.25, 0.3) is 21.9 Å². The summed E-state index contributed by atoms with van der Waals surface area (Å²) >= 11 is 0. The standard InChI is InChI=1S/C22H26N2O8S/c1-30-22-18(24-21(27)15-11-7-4-8-12-15)17(23-20(26)14-9-5-3-6-10-14)19(16(13-25)31-22)32-33(2,28)29/h3-12,16-19,22,25H,13H2,1-2H3,(H,23,26)(H,24,27)/t16-,17-,18-,19-,22-/m1/s1. The maximum Gasteiger partial charge on any atom is 0.264 e. The number of ether oxygens (including phenoxy) is 2. The summed E-state index contributed by atoms with van der Waals surface area (Å²) in [5, 5.41) is 15.3. The number of nitrogens with one attached hydrogen (secondary N) is 2. The molecule has 0 unspecified atom stereocenters. The van der Waals surface area contributed by atoms with E-state index in [1.54, 1.807) is 60.7 Å². The average molecular weight is 479 g/mol. The topological polar surface area (TPSA) is 140 Å². The zero-order chi connectivity index (χ0) is 24.0. The van der Waals surface area contributed by atoms with E-state index >= 15 is 0 Å². The Labute approximate surface area is 192 Å². The molecule has 0 bridgehead atoms. The van der Waals surface area contributed by atoms with Crippen molar-refractivity contribution in [2.75, 3.05) is 20.0 Å². The molecule has 0 spiro atoms. The molecule has 3 rings (SSSR count). The second kappa shape index (κ2) is 10.9. The molecule has 1 fully saturated rings.